The van der Waals surface area contributed by atoms with Crippen molar-refractivity contribution >= 4 is 46.9 Å². The first-order valence-corrected chi connectivity index (χ1v) is 10.6. The third kappa shape index (κ3) is 4.73. The first-order chi connectivity index (χ1) is 12.0. The number of rotatable bonds is 3. The molecule has 2 saturated heterocycles. The van der Waals surface area contributed by atoms with Gasteiger partial charge in [-0.05, 0) is 62.3 Å². The Morgan fingerprint density at radius 3 is 2.68 bits per heavy atom. The van der Waals surface area contributed by atoms with Crippen molar-refractivity contribution in [2.45, 2.75) is 44.2 Å². The number of hydrogen-bond donors (Lipinski definition) is 1. The number of amides is 1. The van der Waals surface area contributed by atoms with Crippen LogP contribution in [0.3, 0.4) is 0 Å². The number of ether oxygens (including phenoxy) is 1. The van der Waals surface area contributed by atoms with E-state index in [0.717, 1.165) is 37.2 Å². The van der Waals surface area contributed by atoms with Crippen molar-refractivity contribution in [3.63, 3.8) is 0 Å². The molecule has 136 valence electrons. The van der Waals surface area contributed by atoms with Crippen LogP contribution in [0.15, 0.2) is 23.8 Å². The summed E-state index contributed by atoms with van der Waals surface area (Å²) in [6.45, 7) is 2.51. The fraction of sp³-hybridized carbons (Fsp3) is 0.526. The minimum Gasteiger partial charge on any atom is -0.375 e. The van der Waals surface area contributed by atoms with Gasteiger partial charge in [0.05, 0.1) is 5.60 Å². The lowest BCUT2D eigenvalue weighted by Gasteiger charge is -2.43. The van der Waals surface area contributed by atoms with Crippen LogP contribution in [0.5, 0.6) is 0 Å². The molecular formula is C19H23Cl2NO2S. The maximum atomic E-state index is 12.6. The van der Waals surface area contributed by atoms with E-state index in [-0.39, 0.29) is 17.6 Å². The van der Waals surface area contributed by atoms with Crippen molar-refractivity contribution in [3.8, 4) is 0 Å². The predicted octanol–water partition coefficient (Wildman–Crippen LogP) is 4.96. The van der Waals surface area contributed by atoms with E-state index in [2.05, 4.69) is 5.32 Å². The van der Waals surface area contributed by atoms with E-state index in [1.165, 1.54) is 0 Å². The molecule has 2 fully saturated rings. The highest BCUT2D eigenvalue weighted by atomic mass is 35.5. The quantitative estimate of drug-likeness (QED) is 0.729. The summed E-state index contributed by atoms with van der Waals surface area (Å²) < 4.78 is 6.09. The average Bonchev–Trinajstić information content (AvgIpc) is 2.59. The molecule has 2 aliphatic heterocycles. The maximum absolute atomic E-state index is 12.6. The van der Waals surface area contributed by atoms with Crippen LogP contribution < -0.4 is 5.32 Å². The molecule has 0 aromatic heterocycles. The highest BCUT2D eigenvalue weighted by Crippen LogP contribution is 2.37. The third-order valence-corrected chi connectivity index (χ3v) is 6.60. The molecule has 0 bridgehead atoms. The number of carbonyl (C=O) groups is 1. The zero-order chi connectivity index (χ0) is 17.9. The van der Waals surface area contributed by atoms with Crippen LogP contribution in [0.1, 0.15) is 38.2 Å². The topological polar surface area (TPSA) is 38.3 Å². The molecule has 1 unspecified atom stereocenters. The number of benzene rings is 1. The highest BCUT2D eigenvalue weighted by Gasteiger charge is 2.39. The molecule has 25 heavy (non-hydrogen) atoms. The van der Waals surface area contributed by atoms with E-state index in [4.69, 9.17) is 27.9 Å². The van der Waals surface area contributed by atoms with Gasteiger partial charge in [-0.15, -0.1) is 0 Å². The third-order valence-electron chi connectivity index (χ3n) is 4.95. The van der Waals surface area contributed by atoms with Crippen LogP contribution in [0, 0.1) is 0 Å². The first kappa shape index (κ1) is 19.1. The minimum absolute atomic E-state index is 0.0366. The van der Waals surface area contributed by atoms with Crippen LogP contribution in [0.2, 0.25) is 10.0 Å². The lowest BCUT2D eigenvalue weighted by atomic mass is 9.85. The molecule has 0 radical (unpaired) electrons. The van der Waals surface area contributed by atoms with Gasteiger partial charge < -0.3 is 10.1 Å². The standard InChI is InChI=1S/C19H23Cl2NO2S/c1-13(11-15-16(20)3-2-4-17(15)21)18(23)22-14-5-8-24-19(12-14)6-9-25-10-7-19/h2-4,11,14H,5-10,12H2,1H3,(H,22,23)/b13-11+. The van der Waals surface area contributed by atoms with Gasteiger partial charge in [0.1, 0.15) is 0 Å². The van der Waals surface area contributed by atoms with Gasteiger partial charge in [-0.1, -0.05) is 29.3 Å². The number of hydrogen-bond acceptors (Lipinski definition) is 3. The molecule has 1 aromatic carbocycles. The van der Waals surface area contributed by atoms with E-state index in [1.807, 2.05) is 11.8 Å². The average molecular weight is 400 g/mol. The Labute approximate surface area is 163 Å². The molecule has 2 heterocycles. The second-order valence-corrected chi connectivity index (χ2v) is 8.81. The fourth-order valence-electron chi connectivity index (χ4n) is 3.47. The van der Waals surface area contributed by atoms with Crippen LogP contribution in [0.25, 0.3) is 6.08 Å². The number of nitrogens with one attached hydrogen (secondary N) is 1. The van der Waals surface area contributed by atoms with Crippen molar-refractivity contribution < 1.29 is 9.53 Å². The van der Waals surface area contributed by atoms with Crippen LogP contribution in [-0.4, -0.2) is 35.7 Å². The molecular weight excluding hydrogens is 377 g/mol. The summed E-state index contributed by atoms with van der Waals surface area (Å²) in [7, 11) is 0. The molecule has 1 amide bonds. The molecule has 0 aliphatic carbocycles. The van der Waals surface area contributed by atoms with E-state index < -0.39 is 0 Å². The zero-order valence-electron chi connectivity index (χ0n) is 14.3. The largest absolute Gasteiger partial charge is 0.375 e. The second kappa shape index (κ2) is 8.34. The SMILES string of the molecule is C/C(=C\c1c(Cl)cccc1Cl)C(=O)NC1CCOC2(CCSCC2)C1. The van der Waals surface area contributed by atoms with Crippen molar-refractivity contribution in [1.82, 2.24) is 5.32 Å². The van der Waals surface area contributed by atoms with E-state index in [9.17, 15) is 4.79 Å². The summed E-state index contributed by atoms with van der Waals surface area (Å²) in [5.41, 5.74) is 1.26. The van der Waals surface area contributed by atoms with Crippen LogP contribution in [0.4, 0.5) is 0 Å². The summed E-state index contributed by atoms with van der Waals surface area (Å²) in [4.78, 5) is 12.6. The van der Waals surface area contributed by atoms with Gasteiger partial charge in [0, 0.05) is 33.8 Å². The highest BCUT2D eigenvalue weighted by molar-refractivity contribution is 7.99. The van der Waals surface area contributed by atoms with E-state index >= 15 is 0 Å². The van der Waals surface area contributed by atoms with Crippen LogP contribution >= 0.6 is 35.0 Å². The molecule has 1 spiro atoms. The lowest BCUT2D eigenvalue weighted by Crippen LogP contribution is -2.50. The predicted molar refractivity (Wildman–Crippen MR) is 107 cm³/mol. The molecule has 0 saturated carbocycles. The molecule has 3 rings (SSSR count). The van der Waals surface area contributed by atoms with Gasteiger partial charge in [0.15, 0.2) is 0 Å². The monoisotopic (exact) mass is 399 g/mol. The normalized spacial score (nSPS) is 23.5. The summed E-state index contributed by atoms with van der Waals surface area (Å²) >= 11 is 14.4. The molecule has 1 atom stereocenters. The van der Waals surface area contributed by atoms with Crippen molar-refractivity contribution in [2.75, 3.05) is 18.1 Å². The summed E-state index contributed by atoms with van der Waals surface area (Å²) in [6, 6.07) is 5.50. The molecule has 1 aromatic rings. The summed E-state index contributed by atoms with van der Waals surface area (Å²) in [5, 5.41) is 4.26. The Hall–Kier alpha value is -0.680. The fourth-order valence-corrected chi connectivity index (χ4v) is 5.22. The Bertz CT molecular complexity index is 646. The smallest absolute Gasteiger partial charge is 0.247 e. The number of carbonyl (C=O) groups excluding carboxylic acids is 1. The second-order valence-electron chi connectivity index (χ2n) is 6.77. The molecule has 1 N–H and O–H groups in total. The molecule has 2 aliphatic rings. The van der Waals surface area contributed by atoms with Gasteiger partial charge >= 0.3 is 0 Å². The Morgan fingerprint density at radius 2 is 2.00 bits per heavy atom. The van der Waals surface area contributed by atoms with Gasteiger partial charge in [0.2, 0.25) is 5.91 Å². The van der Waals surface area contributed by atoms with Gasteiger partial charge in [-0.25, -0.2) is 0 Å². The Morgan fingerprint density at radius 1 is 1.32 bits per heavy atom. The lowest BCUT2D eigenvalue weighted by molar-refractivity contribution is -0.122. The van der Waals surface area contributed by atoms with Crippen molar-refractivity contribution in [2.24, 2.45) is 0 Å². The molecule has 6 heteroatoms. The number of halogens is 2. The van der Waals surface area contributed by atoms with Gasteiger partial charge in [-0.3, -0.25) is 4.79 Å². The van der Waals surface area contributed by atoms with E-state index in [1.54, 1.807) is 31.2 Å². The number of thioether (sulfide) groups is 1. The van der Waals surface area contributed by atoms with Crippen molar-refractivity contribution in [3.05, 3.63) is 39.4 Å². The summed E-state index contributed by atoms with van der Waals surface area (Å²) in [6.07, 6.45) is 5.68. The summed E-state index contributed by atoms with van der Waals surface area (Å²) in [5.74, 6) is 2.22. The van der Waals surface area contributed by atoms with Gasteiger partial charge in [0.25, 0.3) is 0 Å². The zero-order valence-corrected chi connectivity index (χ0v) is 16.6. The van der Waals surface area contributed by atoms with E-state index in [0.29, 0.717) is 27.8 Å². The van der Waals surface area contributed by atoms with Gasteiger partial charge in [-0.2, -0.15) is 11.8 Å². The minimum atomic E-state index is -0.0665. The Balaban J connectivity index is 1.66. The van der Waals surface area contributed by atoms with Crippen LogP contribution in [-0.2, 0) is 9.53 Å². The first-order valence-electron chi connectivity index (χ1n) is 8.64. The van der Waals surface area contributed by atoms with Crippen molar-refractivity contribution in [1.29, 1.82) is 0 Å². The maximum Gasteiger partial charge on any atom is 0.247 e. The Kier molecular flexibility index (Phi) is 6.37. The molecule has 3 nitrogen and oxygen atoms in total.